The average Bonchev–Trinajstić information content (AvgIpc) is 2.50. The summed E-state index contributed by atoms with van der Waals surface area (Å²) in [6.45, 7) is 2.41. The van der Waals surface area contributed by atoms with E-state index in [1.54, 1.807) is 0 Å². The first-order valence-corrected chi connectivity index (χ1v) is 7.86. The molecule has 0 heterocycles. The zero-order valence-corrected chi connectivity index (χ0v) is 12.5. The molecular weight excluding hydrogens is 274 g/mol. The highest BCUT2D eigenvalue weighted by molar-refractivity contribution is 5.20. The van der Waals surface area contributed by atoms with Crippen LogP contribution in [-0.4, -0.2) is 23.9 Å². The maximum atomic E-state index is 13.7. The van der Waals surface area contributed by atoms with E-state index < -0.39 is 17.7 Å². The molecule has 0 radical (unpaired) electrons. The highest BCUT2D eigenvalue weighted by Crippen LogP contribution is 2.30. The third-order valence-corrected chi connectivity index (χ3v) is 4.31. The summed E-state index contributed by atoms with van der Waals surface area (Å²) in [4.78, 5) is 0. The Morgan fingerprint density at radius 3 is 2.62 bits per heavy atom. The summed E-state index contributed by atoms with van der Waals surface area (Å²) in [5.41, 5.74) is 0.211. The van der Waals surface area contributed by atoms with Gasteiger partial charge in [0.1, 0.15) is 0 Å². The molecule has 1 saturated carbocycles. The van der Waals surface area contributed by atoms with E-state index in [0.29, 0.717) is 12.5 Å². The predicted molar refractivity (Wildman–Crippen MR) is 78.1 cm³/mol. The summed E-state index contributed by atoms with van der Waals surface area (Å²) in [6.07, 6.45) is 4.59. The third-order valence-electron chi connectivity index (χ3n) is 4.31. The Kier molecular flexibility index (Phi) is 6.12. The van der Waals surface area contributed by atoms with Crippen LogP contribution < -0.4 is 0 Å². The molecule has 0 aliphatic heterocycles. The van der Waals surface area contributed by atoms with Gasteiger partial charge in [0.25, 0.3) is 0 Å². The van der Waals surface area contributed by atoms with Crippen LogP contribution in [0.1, 0.15) is 44.6 Å². The van der Waals surface area contributed by atoms with Gasteiger partial charge < -0.3 is 9.84 Å². The molecule has 2 unspecified atom stereocenters. The van der Waals surface area contributed by atoms with Crippen molar-refractivity contribution in [2.24, 2.45) is 5.92 Å². The van der Waals surface area contributed by atoms with Gasteiger partial charge in [-0.25, -0.2) is 8.78 Å². The molecule has 0 amide bonds. The van der Waals surface area contributed by atoms with E-state index in [-0.39, 0.29) is 18.1 Å². The Labute approximate surface area is 125 Å². The van der Waals surface area contributed by atoms with E-state index in [9.17, 15) is 13.9 Å². The van der Waals surface area contributed by atoms with Crippen LogP contribution in [0, 0.1) is 17.6 Å². The van der Waals surface area contributed by atoms with Crippen LogP contribution in [0.5, 0.6) is 0 Å². The van der Waals surface area contributed by atoms with Crippen LogP contribution in [-0.2, 0) is 11.2 Å². The second-order valence-corrected chi connectivity index (χ2v) is 5.80. The van der Waals surface area contributed by atoms with Crippen molar-refractivity contribution >= 4 is 0 Å². The highest BCUT2D eigenvalue weighted by atomic mass is 19.2. The lowest BCUT2D eigenvalue weighted by atomic mass is 9.82. The Balaban J connectivity index is 2.07. The van der Waals surface area contributed by atoms with Gasteiger partial charge in [-0.05, 0) is 37.3 Å². The lowest BCUT2D eigenvalue weighted by Crippen LogP contribution is -2.38. The van der Waals surface area contributed by atoms with Gasteiger partial charge in [0.05, 0.1) is 12.2 Å². The molecule has 0 saturated heterocycles. The summed E-state index contributed by atoms with van der Waals surface area (Å²) in [7, 11) is 0. The Bertz CT molecular complexity index is 444. The zero-order valence-electron chi connectivity index (χ0n) is 12.5. The lowest BCUT2D eigenvalue weighted by Gasteiger charge is -2.33. The third kappa shape index (κ3) is 4.24. The minimum absolute atomic E-state index is 0.0881. The molecular formula is C17H24F2O2. The molecule has 2 rings (SSSR count). The van der Waals surface area contributed by atoms with Crippen LogP contribution in [0.2, 0.25) is 0 Å². The van der Waals surface area contributed by atoms with Gasteiger partial charge >= 0.3 is 0 Å². The molecule has 0 spiro atoms. The van der Waals surface area contributed by atoms with E-state index >= 15 is 0 Å². The number of aliphatic hydroxyl groups excluding tert-OH is 1. The van der Waals surface area contributed by atoms with Gasteiger partial charge in [-0.3, -0.25) is 0 Å². The van der Waals surface area contributed by atoms with Crippen molar-refractivity contribution in [3.05, 3.63) is 35.4 Å². The van der Waals surface area contributed by atoms with E-state index in [0.717, 1.165) is 31.7 Å². The van der Waals surface area contributed by atoms with Crippen molar-refractivity contribution in [1.29, 1.82) is 0 Å². The number of hydrogen-bond acceptors (Lipinski definition) is 2. The van der Waals surface area contributed by atoms with Crippen LogP contribution in [0.25, 0.3) is 0 Å². The number of hydrogen-bond donors (Lipinski definition) is 1. The van der Waals surface area contributed by atoms with Crippen LogP contribution in [0.15, 0.2) is 18.2 Å². The van der Waals surface area contributed by atoms with E-state index in [4.69, 9.17) is 4.74 Å². The molecule has 21 heavy (non-hydrogen) atoms. The molecule has 118 valence electrons. The van der Waals surface area contributed by atoms with Crippen LogP contribution in [0.4, 0.5) is 8.78 Å². The van der Waals surface area contributed by atoms with Crippen molar-refractivity contribution in [2.75, 3.05) is 6.61 Å². The van der Waals surface area contributed by atoms with Crippen LogP contribution >= 0.6 is 0 Å². The fourth-order valence-corrected chi connectivity index (χ4v) is 3.26. The van der Waals surface area contributed by atoms with Crippen molar-refractivity contribution in [3.8, 4) is 0 Å². The molecule has 0 bridgehead atoms. The predicted octanol–water partition coefficient (Wildman–Crippen LogP) is 3.85. The number of benzene rings is 1. The van der Waals surface area contributed by atoms with Crippen molar-refractivity contribution in [3.63, 3.8) is 0 Å². The zero-order chi connectivity index (χ0) is 15.2. The molecule has 4 heteroatoms. The van der Waals surface area contributed by atoms with Gasteiger partial charge in [-0.15, -0.1) is 0 Å². The van der Waals surface area contributed by atoms with Crippen molar-refractivity contribution in [1.82, 2.24) is 0 Å². The first-order chi connectivity index (χ1) is 10.1. The topological polar surface area (TPSA) is 29.5 Å². The normalized spacial score (nSPS) is 19.4. The number of halogens is 2. The maximum Gasteiger partial charge on any atom is 0.162 e. The van der Waals surface area contributed by atoms with Gasteiger partial charge in [0.2, 0.25) is 0 Å². The Hall–Kier alpha value is -1.00. The molecule has 1 aromatic carbocycles. The number of aliphatic hydroxyl groups is 1. The largest absolute Gasteiger partial charge is 0.390 e. The van der Waals surface area contributed by atoms with Gasteiger partial charge in [-0.2, -0.15) is 0 Å². The fourth-order valence-electron chi connectivity index (χ4n) is 3.26. The Morgan fingerprint density at radius 1 is 1.24 bits per heavy atom. The van der Waals surface area contributed by atoms with E-state index in [1.807, 2.05) is 6.92 Å². The lowest BCUT2D eigenvalue weighted by molar-refractivity contribution is -0.0718. The molecule has 1 aliphatic carbocycles. The standard InChI is InChI=1S/C17H24F2O2/c1-2-21-17(12-7-4-3-5-8-12)15(20)11-13-9-6-10-14(18)16(13)19/h6,9-10,12,15,17,20H,2-5,7-8,11H2,1H3. The molecule has 0 aromatic heterocycles. The van der Waals surface area contributed by atoms with Crippen LogP contribution in [0.3, 0.4) is 0 Å². The summed E-state index contributed by atoms with van der Waals surface area (Å²) in [6, 6.07) is 4.08. The summed E-state index contributed by atoms with van der Waals surface area (Å²) in [5.74, 6) is -1.42. The Morgan fingerprint density at radius 2 is 1.95 bits per heavy atom. The number of ether oxygens (including phenoxy) is 1. The summed E-state index contributed by atoms with van der Waals surface area (Å²) >= 11 is 0. The minimum atomic E-state index is -0.870. The molecule has 2 atom stereocenters. The fraction of sp³-hybridized carbons (Fsp3) is 0.647. The second-order valence-electron chi connectivity index (χ2n) is 5.80. The molecule has 1 fully saturated rings. The van der Waals surface area contributed by atoms with E-state index in [2.05, 4.69) is 0 Å². The molecule has 1 N–H and O–H groups in total. The smallest absolute Gasteiger partial charge is 0.162 e. The van der Waals surface area contributed by atoms with Crippen molar-refractivity contribution in [2.45, 2.75) is 57.7 Å². The van der Waals surface area contributed by atoms with Gasteiger partial charge in [0, 0.05) is 13.0 Å². The second kappa shape index (κ2) is 7.85. The monoisotopic (exact) mass is 298 g/mol. The summed E-state index contributed by atoms with van der Waals surface area (Å²) < 4.78 is 32.7. The summed E-state index contributed by atoms with van der Waals surface area (Å²) in [5, 5.41) is 10.4. The highest BCUT2D eigenvalue weighted by Gasteiger charge is 2.30. The SMILES string of the molecule is CCOC(C(O)Cc1cccc(F)c1F)C1CCCCC1. The maximum absolute atomic E-state index is 13.7. The first-order valence-electron chi connectivity index (χ1n) is 7.86. The van der Waals surface area contributed by atoms with Crippen molar-refractivity contribution < 1.29 is 18.6 Å². The van der Waals surface area contributed by atoms with Gasteiger partial charge in [-0.1, -0.05) is 31.4 Å². The van der Waals surface area contributed by atoms with Gasteiger partial charge in [0.15, 0.2) is 11.6 Å². The molecule has 1 aliphatic rings. The first kappa shape index (κ1) is 16.4. The van der Waals surface area contributed by atoms with E-state index in [1.165, 1.54) is 18.6 Å². The number of rotatable bonds is 6. The average molecular weight is 298 g/mol. The molecule has 2 nitrogen and oxygen atoms in total. The molecule has 1 aromatic rings. The minimum Gasteiger partial charge on any atom is -0.390 e. The quantitative estimate of drug-likeness (QED) is 0.864.